The molecule has 7 nitrogen and oxygen atoms in total. The summed E-state index contributed by atoms with van der Waals surface area (Å²) in [6.07, 6.45) is 1.10. The number of hydrogen-bond acceptors (Lipinski definition) is 5. The van der Waals surface area contributed by atoms with Crippen LogP contribution in [0.1, 0.15) is 5.56 Å². The van der Waals surface area contributed by atoms with E-state index in [0.29, 0.717) is 13.1 Å². The number of carbonyl (C=O) groups is 1. The quantitative estimate of drug-likeness (QED) is 0.815. The number of rotatable bonds is 5. The number of carboxylic acid groups (broad SMARTS) is 1. The Balaban J connectivity index is 1.76. The van der Waals surface area contributed by atoms with E-state index in [1.807, 2.05) is 4.90 Å². The molecule has 2 saturated heterocycles. The van der Waals surface area contributed by atoms with Gasteiger partial charge in [-0.1, -0.05) is 6.07 Å². The van der Waals surface area contributed by atoms with E-state index < -0.39 is 27.2 Å². The molecule has 0 amide bonds. The van der Waals surface area contributed by atoms with Crippen molar-refractivity contribution in [1.29, 1.82) is 0 Å². The number of nitrogens with zero attached hydrogens (tertiary/aromatic N) is 2. The van der Waals surface area contributed by atoms with Crippen molar-refractivity contribution in [3.63, 3.8) is 0 Å². The van der Waals surface area contributed by atoms with Crippen molar-refractivity contribution in [2.45, 2.75) is 6.54 Å². The summed E-state index contributed by atoms with van der Waals surface area (Å²) >= 11 is 0. The van der Waals surface area contributed by atoms with Crippen LogP contribution in [0.4, 0.5) is 4.39 Å². The molecule has 2 aliphatic heterocycles. The van der Waals surface area contributed by atoms with E-state index in [4.69, 9.17) is 4.74 Å². The van der Waals surface area contributed by atoms with Crippen molar-refractivity contribution in [1.82, 2.24) is 9.21 Å². The number of likely N-dealkylation sites (tertiary alicyclic amines) is 1. The highest BCUT2D eigenvalue weighted by molar-refractivity contribution is 7.88. The lowest BCUT2D eigenvalue weighted by Crippen LogP contribution is -2.41. The fourth-order valence-electron chi connectivity index (χ4n) is 3.87. The van der Waals surface area contributed by atoms with Crippen LogP contribution in [0.2, 0.25) is 0 Å². The van der Waals surface area contributed by atoms with Gasteiger partial charge in [-0.2, -0.15) is 0 Å². The highest BCUT2D eigenvalue weighted by Crippen LogP contribution is 2.44. The number of aliphatic carboxylic acids is 1. The van der Waals surface area contributed by atoms with Crippen molar-refractivity contribution in [2.24, 2.45) is 11.3 Å². The summed E-state index contributed by atoms with van der Waals surface area (Å²) in [5.41, 5.74) is -0.382. The van der Waals surface area contributed by atoms with E-state index in [0.717, 1.165) is 11.8 Å². The van der Waals surface area contributed by atoms with Gasteiger partial charge in [0.1, 0.15) is 0 Å². The Morgan fingerprint density at radius 2 is 2.12 bits per heavy atom. The maximum atomic E-state index is 13.8. The molecule has 2 fully saturated rings. The van der Waals surface area contributed by atoms with Crippen molar-refractivity contribution >= 4 is 16.0 Å². The van der Waals surface area contributed by atoms with Crippen LogP contribution in [0.3, 0.4) is 0 Å². The van der Waals surface area contributed by atoms with Gasteiger partial charge in [0.05, 0.1) is 18.8 Å². The van der Waals surface area contributed by atoms with Crippen molar-refractivity contribution < 1.29 is 27.4 Å². The molecule has 0 aromatic heterocycles. The molecule has 1 aromatic carbocycles. The molecule has 25 heavy (non-hydrogen) atoms. The van der Waals surface area contributed by atoms with Crippen LogP contribution in [-0.2, 0) is 21.4 Å². The lowest BCUT2D eigenvalue weighted by molar-refractivity contribution is -0.148. The Bertz CT molecular complexity index is 800. The zero-order valence-corrected chi connectivity index (χ0v) is 14.9. The van der Waals surface area contributed by atoms with E-state index in [9.17, 15) is 22.7 Å². The Morgan fingerprint density at radius 1 is 1.40 bits per heavy atom. The Labute approximate surface area is 146 Å². The summed E-state index contributed by atoms with van der Waals surface area (Å²) in [6, 6.07) is 4.66. The molecule has 0 radical (unpaired) electrons. The SMILES string of the molecule is COc1ccc(CN2C[C@H]3CN(S(C)(=O)=O)C[C@@]3(C(=O)O)C2)cc1F. The number of carboxylic acids is 1. The molecule has 2 heterocycles. The summed E-state index contributed by atoms with van der Waals surface area (Å²) < 4.78 is 43.5. The highest BCUT2D eigenvalue weighted by Gasteiger charge is 2.59. The van der Waals surface area contributed by atoms with E-state index in [1.165, 1.54) is 17.5 Å². The average Bonchev–Trinajstić information content (AvgIpc) is 3.02. The first-order valence-corrected chi connectivity index (χ1v) is 9.74. The Morgan fingerprint density at radius 3 is 2.64 bits per heavy atom. The van der Waals surface area contributed by atoms with Crippen LogP contribution in [0.25, 0.3) is 0 Å². The molecule has 0 saturated carbocycles. The first kappa shape index (κ1) is 18.1. The van der Waals surface area contributed by atoms with Crippen LogP contribution in [-0.4, -0.2) is 68.2 Å². The molecule has 0 aliphatic carbocycles. The third kappa shape index (κ3) is 3.23. The van der Waals surface area contributed by atoms with Crippen molar-refractivity contribution in [3.8, 4) is 5.75 Å². The van der Waals surface area contributed by atoms with Gasteiger partial charge < -0.3 is 9.84 Å². The number of fused-ring (bicyclic) bond motifs is 1. The average molecular weight is 372 g/mol. The van der Waals surface area contributed by atoms with Crippen LogP contribution in [0.15, 0.2) is 18.2 Å². The number of sulfonamides is 1. The Kier molecular flexibility index (Phi) is 4.50. The number of hydrogen-bond donors (Lipinski definition) is 1. The lowest BCUT2D eigenvalue weighted by Gasteiger charge is -2.24. The topological polar surface area (TPSA) is 87.2 Å². The second kappa shape index (κ2) is 6.22. The van der Waals surface area contributed by atoms with Crippen LogP contribution in [0, 0.1) is 17.2 Å². The maximum absolute atomic E-state index is 13.8. The molecular weight excluding hydrogens is 351 g/mol. The third-order valence-electron chi connectivity index (χ3n) is 5.17. The van der Waals surface area contributed by atoms with Gasteiger partial charge in [0.25, 0.3) is 0 Å². The highest BCUT2D eigenvalue weighted by atomic mass is 32.2. The zero-order chi connectivity index (χ0) is 18.4. The minimum atomic E-state index is -3.42. The van der Waals surface area contributed by atoms with Crippen LogP contribution >= 0.6 is 0 Å². The van der Waals surface area contributed by atoms with Gasteiger partial charge in [-0.25, -0.2) is 17.1 Å². The molecule has 3 rings (SSSR count). The monoisotopic (exact) mass is 372 g/mol. The van der Waals surface area contributed by atoms with E-state index >= 15 is 0 Å². The lowest BCUT2D eigenvalue weighted by atomic mass is 9.81. The summed E-state index contributed by atoms with van der Waals surface area (Å²) in [5, 5.41) is 9.73. The second-order valence-corrected chi connectivity index (χ2v) is 8.83. The summed E-state index contributed by atoms with van der Waals surface area (Å²) in [4.78, 5) is 13.8. The Hall–Kier alpha value is -1.71. The molecule has 1 N–H and O–H groups in total. The normalized spacial score (nSPS) is 27.4. The van der Waals surface area contributed by atoms with Gasteiger partial charge in [0.2, 0.25) is 10.0 Å². The van der Waals surface area contributed by atoms with Gasteiger partial charge >= 0.3 is 5.97 Å². The largest absolute Gasteiger partial charge is 0.494 e. The second-order valence-electron chi connectivity index (χ2n) is 6.85. The first-order chi connectivity index (χ1) is 11.7. The van der Waals surface area contributed by atoms with E-state index in [-0.39, 0.29) is 31.3 Å². The number of methoxy groups -OCH3 is 1. The minimum absolute atomic E-state index is 0.0146. The molecule has 1 aromatic rings. The molecule has 2 aliphatic rings. The van der Waals surface area contributed by atoms with Gasteiger partial charge in [0, 0.05) is 38.6 Å². The molecule has 2 atom stereocenters. The van der Waals surface area contributed by atoms with Gasteiger partial charge in [-0.05, 0) is 17.7 Å². The van der Waals surface area contributed by atoms with Crippen molar-refractivity contribution in [3.05, 3.63) is 29.6 Å². The summed E-state index contributed by atoms with van der Waals surface area (Å²) in [7, 11) is -2.03. The minimum Gasteiger partial charge on any atom is -0.494 e. The predicted molar refractivity (Wildman–Crippen MR) is 88.2 cm³/mol. The standard InChI is InChI=1S/C16H21FN2O5S/c1-24-14-4-3-11(5-13(14)17)6-18-7-12-8-19(25(2,22)23)10-16(12,9-18)15(20)21/h3-5,12H,6-10H2,1-2H3,(H,20,21)/t12-,16-/m0/s1. The predicted octanol–water partition coefficient (Wildman–Crippen LogP) is 0.612. The number of halogens is 1. The number of ether oxygens (including phenoxy) is 1. The molecule has 0 bridgehead atoms. The van der Waals surface area contributed by atoms with Gasteiger partial charge in [0.15, 0.2) is 11.6 Å². The fourth-order valence-corrected chi connectivity index (χ4v) is 4.78. The molecule has 0 spiro atoms. The van der Waals surface area contributed by atoms with Crippen LogP contribution in [0.5, 0.6) is 5.75 Å². The van der Waals surface area contributed by atoms with E-state index in [2.05, 4.69) is 0 Å². The van der Waals surface area contributed by atoms with Crippen LogP contribution < -0.4 is 4.74 Å². The smallest absolute Gasteiger partial charge is 0.312 e. The third-order valence-corrected chi connectivity index (χ3v) is 6.38. The summed E-state index contributed by atoms with van der Waals surface area (Å²) in [6.45, 7) is 1.31. The molecule has 0 unspecified atom stereocenters. The van der Waals surface area contributed by atoms with Gasteiger partial charge in [-0.15, -0.1) is 0 Å². The maximum Gasteiger partial charge on any atom is 0.312 e. The zero-order valence-electron chi connectivity index (χ0n) is 14.1. The van der Waals surface area contributed by atoms with Crippen molar-refractivity contribution in [2.75, 3.05) is 39.5 Å². The van der Waals surface area contributed by atoms with Gasteiger partial charge in [-0.3, -0.25) is 9.69 Å². The number of benzene rings is 1. The van der Waals surface area contributed by atoms with E-state index in [1.54, 1.807) is 12.1 Å². The first-order valence-electron chi connectivity index (χ1n) is 7.89. The molecular formula is C16H21FN2O5S. The molecule has 138 valence electrons. The molecule has 9 heteroatoms. The summed E-state index contributed by atoms with van der Waals surface area (Å²) in [5.74, 6) is -1.56. The fraction of sp³-hybridized carbons (Fsp3) is 0.562.